The van der Waals surface area contributed by atoms with Gasteiger partial charge in [0.15, 0.2) is 0 Å². The number of thioether (sulfide) groups is 1. The van der Waals surface area contributed by atoms with Crippen LogP contribution in [0.5, 0.6) is 5.75 Å². The molecule has 5 heteroatoms. The molecule has 1 atom stereocenters. The largest absolute Gasteiger partial charge is 0.573 e. The number of halogens is 3. The maximum absolute atomic E-state index is 11.9. The zero-order valence-electron chi connectivity index (χ0n) is 9.75. The van der Waals surface area contributed by atoms with Gasteiger partial charge in [0.05, 0.1) is 0 Å². The van der Waals surface area contributed by atoms with Crippen molar-refractivity contribution in [3.8, 4) is 5.75 Å². The van der Waals surface area contributed by atoms with Crippen molar-refractivity contribution >= 4 is 11.8 Å². The Kier molecular flexibility index (Phi) is 5.18. The second-order valence-corrected chi connectivity index (χ2v) is 4.94. The molecule has 0 aliphatic heterocycles. The molecule has 17 heavy (non-hydrogen) atoms. The van der Waals surface area contributed by atoms with E-state index in [1.165, 1.54) is 12.1 Å². The highest BCUT2D eigenvalue weighted by molar-refractivity contribution is 7.99. The molecular weight excluding hydrogens is 249 g/mol. The van der Waals surface area contributed by atoms with Crippen LogP contribution in [0, 0.1) is 5.92 Å². The third-order valence-corrected chi connectivity index (χ3v) is 3.63. The van der Waals surface area contributed by atoms with Crippen molar-refractivity contribution in [3.05, 3.63) is 24.3 Å². The molecule has 0 saturated carbocycles. The Morgan fingerprint density at radius 2 is 1.82 bits per heavy atom. The van der Waals surface area contributed by atoms with Crippen LogP contribution in [0.2, 0.25) is 0 Å². The van der Waals surface area contributed by atoms with Gasteiger partial charge < -0.3 is 4.74 Å². The van der Waals surface area contributed by atoms with Crippen LogP contribution in [0.1, 0.15) is 20.3 Å². The summed E-state index contributed by atoms with van der Waals surface area (Å²) >= 11 is 1.64. The van der Waals surface area contributed by atoms with Gasteiger partial charge in [-0.15, -0.1) is 24.9 Å². The van der Waals surface area contributed by atoms with E-state index in [-0.39, 0.29) is 5.75 Å². The van der Waals surface area contributed by atoms with Crippen molar-refractivity contribution in [1.29, 1.82) is 0 Å². The van der Waals surface area contributed by atoms with Crippen molar-refractivity contribution in [2.75, 3.05) is 5.75 Å². The Morgan fingerprint density at radius 1 is 1.24 bits per heavy atom. The van der Waals surface area contributed by atoms with E-state index in [1.54, 1.807) is 23.9 Å². The predicted octanol–water partition coefficient (Wildman–Crippen LogP) is 4.72. The second kappa shape index (κ2) is 6.19. The van der Waals surface area contributed by atoms with E-state index in [0.29, 0.717) is 5.92 Å². The summed E-state index contributed by atoms with van der Waals surface area (Å²) < 4.78 is 39.5. The SMILES string of the molecule is CCC(C)CSc1ccc(OC(F)(F)F)cc1. The van der Waals surface area contributed by atoms with E-state index in [9.17, 15) is 13.2 Å². The maximum atomic E-state index is 11.9. The lowest BCUT2D eigenvalue weighted by atomic mass is 10.2. The number of ether oxygens (including phenoxy) is 1. The van der Waals surface area contributed by atoms with E-state index < -0.39 is 6.36 Å². The van der Waals surface area contributed by atoms with Gasteiger partial charge >= 0.3 is 6.36 Å². The highest BCUT2D eigenvalue weighted by Crippen LogP contribution is 2.27. The summed E-state index contributed by atoms with van der Waals surface area (Å²) in [6.45, 7) is 4.26. The van der Waals surface area contributed by atoms with Gasteiger partial charge in [0.1, 0.15) is 5.75 Å². The number of alkyl halides is 3. The summed E-state index contributed by atoms with van der Waals surface area (Å²) in [5.41, 5.74) is 0. The van der Waals surface area contributed by atoms with Gasteiger partial charge in [-0.1, -0.05) is 20.3 Å². The zero-order chi connectivity index (χ0) is 12.9. The number of hydrogen-bond acceptors (Lipinski definition) is 2. The molecule has 1 aromatic rings. The lowest BCUT2D eigenvalue weighted by Crippen LogP contribution is -2.16. The van der Waals surface area contributed by atoms with E-state index in [1.807, 2.05) is 0 Å². The van der Waals surface area contributed by atoms with Crippen LogP contribution >= 0.6 is 11.8 Å². The molecule has 0 amide bonds. The Hall–Kier alpha value is -0.840. The van der Waals surface area contributed by atoms with Crippen molar-refractivity contribution < 1.29 is 17.9 Å². The molecule has 1 aromatic carbocycles. The van der Waals surface area contributed by atoms with Gasteiger partial charge in [-0.05, 0) is 30.2 Å². The quantitative estimate of drug-likeness (QED) is 0.711. The maximum Gasteiger partial charge on any atom is 0.573 e. The van der Waals surface area contributed by atoms with Gasteiger partial charge in [-0.2, -0.15) is 0 Å². The number of rotatable bonds is 5. The Bertz CT molecular complexity index is 335. The summed E-state index contributed by atoms with van der Waals surface area (Å²) in [5, 5.41) is 0. The standard InChI is InChI=1S/C12H15F3OS/c1-3-9(2)8-17-11-6-4-10(5-7-11)16-12(13,14)15/h4-7,9H,3,8H2,1-2H3. The molecule has 0 aliphatic carbocycles. The molecular formula is C12H15F3OS. The van der Waals surface area contributed by atoms with Gasteiger partial charge in [0.2, 0.25) is 0 Å². The Morgan fingerprint density at radius 3 is 2.29 bits per heavy atom. The normalized spacial score (nSPS) is 13.5. The number of hydrogen-bond donors (Lipinski definition) is 0. The fourth-order valence-corrected chi connectivity index (χ4v) is 2.14. The first-order valence-corrected chi connectivity index (χ1v) is 6.38. The highest BCUT2D eigenvalue weighted by Gasteiger charge is 2.30. The predicted molar refractivity (Wildman–Crippen MR) is 63.3 cm³/mol. The smallest absolute Gasteiger partial charge is 0.406 e. The summed E-state index contributed by atoms with van der Waals surface area (Å²) in [7, 11) is 0. The minimum absolute atomic E-state index is 0.176. The van der Waals surface area contributed by atoms with Gasteiger partial charge in [-0.3, -0.25) is 0 Å². The third kappa shape index (κ3) is 5.86. The lowest BCUT2D eigenvalue weighted by molar-refractivity contribution is -0.274. The molecule has 1 rings (SSSR count). The Labute approximate surface area is 103 Å². The van der Waals surface area contributed by atoms with Crippen LogP contribution in [-0.4, -0.2) is 12.1 Å². The molecule has 96 valence electrons. The molecule has 1 unspecified atom stereocenters. The monoisotopic (exact) mass is 264 g/mol. The fraction of sp³-hybridized carbons (Fsp3) is 0.500. The van der Waals surface area contributed by atoms with Gasteiger partial charge in [0, 0.05) is 10.6 Å². The first-order valence-electron chi connectivity index (χ1n) is 5.39. The molecule has 1 nitrogen and oxygen atoms in total. The molecule has 0 aromatic heterocycles. The van der Waals surface area contributed by atoms with E-state index >= 15 is 0 Å². The molecule has 0 radical (unpaired) electrons. The lowest BCUT2D eigenvalue weighted by Gasteiger charge is -2.10. The van der Waals surface area contributed by atoms with Gasteiger partial charge in [-0.25, -0.2) is 0 Å². The molecule has 0 spiro atoms. The van der Waals surface area contributed by atoms with Crippen LogP contribution < -0.4 is 4.74 Å². The summed E-state index contributed by atoms with van der Waals surface area (Å²) in [6.07, 6.45) is -3.52. The topological polar surface area (TPSA) is 9.23 Å². The van der Waals surface area contributed by atoms with Gasteiger partial charge in [0.25, 0.3) is 0 Å². The molecule has 0 aliphatic rings. The molecule has 0 N–H and O–H groups in total. The van der Waals surface area contributed by atoms with E-state index in [4.69, 9.17) is 0 Å². The summed E-state index contributed by atoms with van der Waals surface area (Å²) in [6, 6.07) is 5.97. The average molecular weight is 264 g/mol. The van der Waals surface area contributed by atoms with Crippen molar-refractivity contribution in [2.45, 2.75) is 31.5 Å². The number of benzene rings is 1. The fourth-order valence-electron chi connectivity index (χ4n) is 1.09. The van der Waals surface area contributed by atoms with Crippen molar-refractivity contribution in [1.82, 2.24) is 0 Å². The molecule has 0 heterocycles. The van der Waals surface area contributed by atoms with Crippen molar-refractivity contribution in [2.24, 2.45) is 5.92 Å². The average Bonchev–Trinajstić information content (AvgIpc) is 2.25. The van der Waals surface area contributed by atoms with Crippen LogP contribution in [0.25, 0.3) is 0 Å². The van der Waals surface area contributed by atoms with Crippen LogP contribution in [-0.2, 0) is 0 Å². The highest BCUT2D eigenvalue weighted by atomic mass is 32.2. The third-order valence-electron chi connectivity index (χ3n) is 2.29. The van der Waals surface area contributed by atoms with Crippen molar-refractivity contribution in [3.63, 3.8) is 0 Å². The summed E-state index contributed by atoms with van der Waals surface area (Å²) in [4.78, 5) is 0.958. The Balaban J connectivity index is 2.50. The molecule has 0 saturated heterocycles. The first kappa shape index (κ1) is 14.2. The van der Waals surface area contributed by atoms with Crippen LogP contribution in [0.4, 0.5) is 13.2 Å². The second-order valence-electron chi connectivity index (χ2n) is 3.84. The van der Waals surface area contributed by atoms with Crippen LogP contribution in [0.3, 0.4) is 0 Å². The zero-order valence-corrected chi connectivity index (χ0v) is 10.6. The minimum Gasteiger partial charge on any atom is -0.406 e. The summed E-state index contributed by atoms with van der Waals surface area (Å²) in [5.74, 6) is 1.40. The molecule has 0 bridgehead atoms. The van der Waals surface area contributed by atoms with E-state index in [0.717, 1.165) is 17.1 Å². The minimum atomic E-state index is -4.62. The van der Waals surface area contributed by atoms with Crippen LogP contribution in [0.15, 0.2) is 29.2 Å². The molecule has 0 fully saturated rings. The van der Waals surface area contributed by atoms with E-state index in [2.05, 4.69) is 18.6 Å². The first-order chi connectivity index (χ1) is 7.90.